The standard InChI is InChI=1S/C31H52N4O/c1-7-24-16-17-25(20-29(24)31(8-2,9-3)10-4)26-19-28(34-33-21-26)22-36-30(6,35-32)27-14-12-11-13-23(5)15-18-27/h7,14,20-21,23,26,28,34-35H,1,8-13,15-19,22,32H2,2-6H3/b27-14+. The van der Waals surface area contributed by atoms with Crippen molar-refractivity contribution in [3.8, 4) is 0 Å². The quantitative estimate of drug-likeness (QED) is 0.124. The SMILES string of the molecule is C=CC1=C(C(CC)(CC)CC)C=C(C2C=NNC(COC(C)(NN)/C3=C/CCCC(C)CC3)C2)CC1. The number of nitrogens with zero attached hydrogens (tertiary/aromatic N) is 1. The first-order valence-electron chi connectivity index (χ1n) is 14.5. The summed E-state index contributed by atoms with van der Waals surface area (Å²) in [5, 5.41) is 4.58. The molecule has 2 aliphatic carbocycles. The molecule has 0 amide bonds. The molecule has 5 nitrogen and oxygen atoms in total. The number of nitrogens with one attached hydrogen (secondary N) is 2. The molecule has 0 aromatic carbocycles. The third kappa shape index (κ3) is 6.59. The molecule has 0 radical (unpaired) electrons. The summed E-state index contributed by atoms with van der Waals surface area (Å²) in [6.45, 7) is 16.1. The zero-order valence-electron chi connectivity index (χ0n) is 23.7. The third-order valence-electron chi connectivity index (χ3n) is 9.39. The zero-order valence-corrected chi connectivity index (χ0v) is 23.7. The number of hydrazine groups is 1. The Kier molecular flexibility index (Phi) is 10.6. The summed E-state index contributed by atoms with van der Waals surface area (Å²) in [5.74, 6) is 7.14. The van der Waals surface area contributed by atoms with Crippen LogP contribution in [0.1, 0.15) is 105 Å². The van der Waals surface area contributed by atoms with Crippen LogP contribution >= 0.6 is 0 Å². The molecular formula is C31H52N4O. The van der Waals surface area contributed by atoms with Gasteiger partial charge in [0.2, 0.25) is 0 Å². The number of allylic oxidation sites excluding steroid dienone is 6. The van der Waals surface area contributed by atoms with Gasteiger partial charge in [-0.05, 0) is 99.2 Å². The van der Waals surface area contributed by atoms with Gasteiger partial charge >= 0.3 is 0 Å². The second kappa shape index (κ2) is 13.2. The molecular weight excluding hydrogens is 444 g/mol. The summed E-state index contributed by atoms with van der Waals surface area (Å²) in [6, 6.07) is 0.156. The largest absolute Gasteiger partial charge is 0.354 e. The van der Waals surface area contributed by atoms with Gasteiger partial charge in [0.25, 0.3) is 0 Å². The first-order valence-corrected chi connectivity index (χ1v) is 14.5. The highest BCUT2D eigenvalue weighted by molar-refractivity contribution is 5.67. The average molecular weight is 497 g/mol. The van der Waals surface area contributed by atoms with Crippen molar-refractivity contribution in [2.24, 2.45) is 28.2 Å². The van der Waals surface area contributed by atoms with E-state index >= 15 is 0 Å². The number of ether oxygens (including phenoxy) is 1. The van der Waals surface area contributed by atoms with Crippen molar-refractivity contribution < 1.29 is 4.74 Å². The molecule has 202 valence electrons. The lowest BCUT2D eigenvalue weighted by molar-refractivity contribution is -0.0432. The van der Waals surface area contributed by atoms with Crippen LogP contribution < -0.4 is 16.7 Å². The number of hydrogen-bond acceptors (Lipinski definition) is 5. The van der Waals surface area contributed by atoms with Crippen LogP contribution in [0.5, 0.6) is 0 Å². The Labute approximate surface area is 220 Å². The van der Waals surface area contributed by atoms with Crippen LogP contribution in [-0.2, 0) is 4.74 Å². The molecule has 0 saturated carbocycles. The molecule has 1 aliphatic heterocycles. The van der Waals surface area contributed by atoms with Crippen molar-refractivity contribution in [1.29, 1.82) is 0 Å². The van der Waals surface area contributed by atoms with Crippen LogP contribution in [0.2, 0.25) is 0 Å². The van der Waals surface area contributed by atoms with Crippen molar-refractivity contribution >= 4 is 6.21 Å². The molecule has 0 aromatic heterocycles. The minimum Gasteiger partial charge on any atom is -0.354 e. The molecule has 0 aromatic rings. The van der Waals surface area contributed by atoms with Crippen LogP contribution in [0.15, 0.2) is 52.2 Å². The van der Waals surface area contributed by atoms with Gasteiger partial charge in [-0.3, -0.25) is 5.84 Å². The minimum atomic E-state index is -0.642. The second-order valence-electron chi connectivity index (χ2n) is 11.4. The Balaban J connectivity index is 1.71. The minimum absolute atomic E-state index is 0.156. The van der Waals surface area contributed by atoms with E-state index in [0.29, 0.717) is 12.5 Å². The Morgan fingerprint density at radius 1 is 1.19 bits per heavy atom. The fraction of sp³-hybridized carbons (Fsp3) is 0.710. The van der Waals surface area contributed by atoms with Gasteiger partial charge in [-0.2, -0.15) is 5.10 Å². The van der Waals surface area contributed by atoms with Gasteiger partial charge < -0.3 is 10.2 Å². The third-order valence-corrected chi connectivity index (χ3v) is 9.39. The molecule has 1 heterocycles. The van der Waals surface area contributed by atoms with Crippen LogP contribution in [0, 0.1) is 17.3 Å². The van der Waals surface area contributed by atoms with Crippen LogP contribution in [0.4, 0.5) is 0 Å². The highest BCUT2D eigenvalue weighted by Gasteiger charge is 2.34. The lowest BCUT2D eigenvalue weighted by Gasteiger charge is -2.38. The van der Waals surface area contributed by atoms with Crippen molar-refractivity contribution in [3.05, 3.63) is 47.1 Å². The molecule has 0 spiro atoms. The highest BCUT2D eigenvalue weighted by atomic mass is 16.5. The van der Waals surface area contributed by atoms with Crippen molar-refractivity contribution in [1.82, 2.24) is 10.9 Å². The maximum atomic E-state index is 6.50. The monoisotopic (exact) mass is 496 g/mol. The van der Waals surface area contributed by atoms with E-state index in [0.717, 1.165) is 57.3 Å². The van der Waals surface area contributed by atoms with E-state index in [1.54, 1.807) is 0 Å². The fourth-order valence-corrected chi connectivity index (χ4v) is 6.41. The Morgan fingerprint density at radius 2 is 1.94 bits per heavy atom. The second-order valence-corrected chi connectivity index (χ2v) is 11.4. The van der Waals surface area contributed by atoms with E-state index in [9.17, 15) is 0 Å². The summed E-state index contributed by atoms with van der Waals surface area (Å²) in [5.41, 5.74) is 11.6. The van der Waals surface area contributed by atoms with E-state index in [2.05, 4.69) is 81.6 Å². The van der Waals surface area contributed by atoms with Crippen molar-refractivity contribution in [3.63, 3.8) is 0 Å². The molecule has 4 N–H and O–H groups in total. The van der Waals surface area contributed by atoms with E-state index in [1.807, 2.05) is 0 Å². The van der Waals surface area contributed by atoms with E-state index < -0.39 is 5.72 Å². The lowest BCUT2D eigenvalue weighted by atomic mass is 9.68. The van der Waals surface area contributed by atoms with Gasteiger partial charge in [-0.1, -0.05) is 64.5 Å². The van der Waals surface area contributed by atoms with Gasteiger partial charge in [0.15, 0.2) is 5.72 Å². The van der Waals surface area contributed by atoms with Gasteiger partial charge in [-0.25, -0.2) is 5.43 Å². The maximum absolute atomic E-state index is 6.50. The normalized spacial score (nSPS) is 28.8. The Morgan fingerprint density at radius 3 is 2.61 bits per heavy atom. The van der Waals surface area contributed by atoms with E-state index in [1.165, 1.54) is 41.6 Å². The number of hydrogen-bond donors (Lipinski definition) is 3. The van der Waals surface area contributed by atoms with Crippen LogP contribution in [0.25, 0.3) is 0 Å². The molecule has 0 bridgehead atoms. The fourth-order valence-electron chi connectivity index (χ4n) is 6.41. The predicted molar refractivity (Wildman–Crippen MR) is 153 cm³/mol. The molecule has 4 unspecified atom stereocenters. The highest BCUT2D eigenvalue weighted by Crippen LogP contribution is 2.45. The molecule has 3 aliphatic rings. The summed E-state index contributed by atoms with van der Waals surface area (Å²) in [7, 11) is 0. The van der Waals surface area contributed by atoms with Crippen LogP contribution in [0.3, 0.4) is 0 Å². The Bertz CT molecular complexity index is 858. The topological polar surface area (TPSA) is 71.7 Å². The first-order chi connectivity index (χ1) is 17.3. The van der Waals surface area contributed by atoms with Gasteiger partial charge in [0, 0.05) is 12.1 Å². The summed E-state index contributed by atoms with van der Waals surface area (Å²) < 4.78 is 6.50. The summed E-state index contributed by atoms with van der Waals surface area (Å²) in [4.78, 5) is 0. The number of rotatable bonds is 11. The molecule has 36 heavy (non-hydrogen) atoms. The van der Waals surface area contributed by atoms with Gasteiger partial charge in [0.1, 0.15) is 0 Å². The average Bonchev–Trinajstić information content (AvgIpc) is 2.91. The molecule has 0 saturated heterocycles. The predicted octanol–water partition coefficient (Wildman–Crippen LogP) is 7.09. The first kappa shape index (κ1) is 28.9. The zero-order chi connectivity index (χ0) is 26.2. The van der Waals surface area contributed by atoms with E-state index in [4.69, 9.17) is 10.6 Å². The Hall–Kier alpha value is -1.69. The summed E-state index contributed by atoms with van der Waals surface area (Å²) in [6.07, 6.45) is 21.5. The summed E-state index contributed by atoms with van der Waals surface area (Å²) >= 11 is 0. The van der Waals surface area contributed by atoms with Crippen molar-refractivity contribution in [2.45, 2.75) is 117 Å². The molecule has 4 atom stereocenters. The lowest BCUT2D eigenvalue weighted by Crippen LogP contribution is -2.53. The van der Waals surface area contributed by atoms with Gasteiger partial charge in [-0.15, -0.1) is 0 Å². The molecule has 3 rings (SSSR count). The smallest absolute Gasteiger partial charge is 0.150 e. The van der Waals surface area contributed by atoms with Crippen molar-refractivity contribution in [2.75, 3.05) is 6.61 Å². The van der Waals surface area contributed by atoms with Crippen LogP contribution in [-0.4, -0.2) is 24.6 Å². The maximum Gasteiger partial charge on any atom is 0.150 e. The van der Waals surface area contributed by atoms with Gasteiger partial charge in [0.05, 0.1) is 12.6 Å². The molecule has 5 heteroatoms. The van der Waals surface area contributed by atoms with E-state index in [-0.39, 0.29) is 11.5 Å². The number of hydrazone groups is 1. The number of nitrogens with two attached hydrogens (primary N) is 1. The molecule has 0 fully saturated rings.